The van der Waals surface area contributed by atoms with Crippen molar-refractivity contribution in [2.75, 3.05) is 18.6 Å². The summed E-state index contributed by atoms with van der Waals surface area (Å²) in [7, 11) is 0. The minimum absolute atomic E-state index is 0.0718. The molecule has 11 heteroatoms. The molecule has 0 fully saturated rings. The van der Waals surface area contributed by atoms with Crippen LogP contribution in [-0.2, 0) is 14.4 Å². The molecule has 0 aromatic heterocycles. The predicted molar refractivity (Wildman–Crippen MR) is 112 cm³/mol. The van der Waals surface area contributed by atoms with Crippen LogP contribution in [0.5, 0.6) is 0 Å². The Labute approximate surface area is 171 Å². The van der Waals surface area contributed by atoms with Crippen LogP contribution >= 0.6 is 11.8 Å². The Bertz CT molecular complexity index is 428. The van der Waals surface area contributed by atoms with Crippen molar-refractivity contribution in [1.82, 2.24) is 0 Å². The van der Waals surface area contributed by atoms with Gasteiger partial charge in [0.05, 0.1) is 0 Å². The van der Waals surface area contributed by atoms with Crippen molar-refractivity contribution in [2.24, 2.45) is 28.9 Å². The number of hydrogen-bond donors (Lipinski definition) is 7. The van der Waals surface area contributed by atoms with Crippen molar-refractivity contribution in [2.45, 2.75) is 64.1 Å². The summed E-state index contributed by atoms with van der Waals surface area (Å²) in [5, 5.41) is 25.0. The van der Waals surface area contributed by atoms with Crippen molar-refractivity contribution in [3.05, 3.63) is 0 Å². The lowest BCUT2D eigenvalue weighted by molar-refractivity contribution is -0.140. The molecule has 0 aliphatic heterocycles. The van der Waals surface area contributed by atoms with E-state index in [4.69, 9.17) is 38.3 Å². The maximum Gasteiger partial charge on any atom is 0.320 e. The van der Waals surface area contributed by atoms with E-state index in [0.717, 1.165) is 25.0 Å². The van der Waals surface area contributed by atoms with Gasteiger partial charge in [-0.05, 0) is 43.7 Å². The van der Waals surface area contributed by atoms with Gasteiger partial charge in [0, 0.05) is 0 Å². The molecule has 0 aromatic carbocycles. The third-order valence-electron chi connectivity index (χ3n) is 3.78. The van der Waals surface area contributed by atoms with Crippen molar-refractivity contribution < 1.29 is 29.7 Å². The summed E-state index contributed by atoms with van der Waals surface area (Å²) >= 11 is 1.60. The van der Waals surface area contributed by atoms with Gasteiger partial charge in [-0.2, -0.15) is 11.8 Å². The van der Waals surface area contributed by atoms with Crippen molar-refractivity contribution in [3.63, 3.8) is 0 Å². The topological polar surface area (TPSA) is 216 Å². The number of rotatable bonds is 12. The second kappa shape index (κ2) is 20.3. The molecule has 4 atom stereocenters. The molecule has 0 heterocycles. The zero-order valence-corrected chi connectivity index (χ0v) is 17.9. The molecule has 0 saturated heterocycles. The number of hydrogen-bond acceptors (Lipinski definition) is 8. The summed E-state index contributed by atoms with van der Waals surface area (Å²) in [4.78, 5) is 30.4. The van der Waals surface area contributed by atoms with Gasteiger partial charge in [0.25, 0.3) is 0 Å². The third kappa shape index (κ3) is 20.9. The first-order valence-electron chi connectivity index (χ1n) is 9.10. The van der Waals surface area contributed by atoms with Gasteiger partial charge in [0.15, 0.2) is 0 Å². The first kappa shape index (κ1) is 31.3. The van der Waals surface area contributed by atoms with Crippen LogP contribution in [0, 0.1) is 5.92 Å². The Morgan fingerprint density at radius 1 is 0.893 bits per heavy atom. The Balaban J connectivity index is -0.000000336. The molecule has 0 rings (SSSR count). The maximum absolute atomic E-state index is 10.2. The third-order valence-corrected chi connectivity index (χ3v) is 4.42. The minimum Gasteiger partial charge on any atom is -0.480 e. The highest BCUT2D eigenvalue weighted by atomic mass is 32.2. The standard InChI is InChI=1S/C6H14N2O2.C6H13NO2.C5H11NO2S/c7-4-2-1-3-5(8)6(9)10;1-3-4(2)5(7)6(8)9;1-9-3-2-4(6)5(7)8/h5H,1-4,7-8H2,(H,9,10);4-5H,3,7H2,1-2H3,(H,8,9);4H,2-3,6H2,1H3,(H,7,8). The van der Waals surface area contributed by atoms with Crippen LogP contribution in [0.3, 0.4) is 0 Å². The molecule has 4 unspecified atom stereocenters. The van der Waals surface area contributed by atoms with E-state index in [2.05, 4.69) is 0 Å². The smallest absolute Gasteiger partial charge is 0.320 e. The van der Waals surface area contributed by atoms with Gasteiger partial charge in [-0.1, -0.05) is 26.7 Å². The predicted octanol–water partition coefficient (Wildman–Crippen LogP) is 0.123. The summed E-state index contributed by atoms with van der Waals surface area (Å²) in [5.41, 5.74) is 20.9. The molecule has 0 radical (unpaired) electrons. The lowest BCUT2D eigenvalue weighted by Crippen LogP contribution is -2.36. The fourth-order valence-corrected chi connectivity index (χ4v) is 1.99. The number of carboxylic acid groups (broad SMARTS) is 3. The summed E-state index contributed by atoms with van der Waals surface area (Å²) in [6.07, 6.45) is 5.45. The Morgan fingerprint density at radius 2 is 1.36 bits per heavy atom. The number of nitrogens with two attached hydrogens (primary N) is 4. The second-order valence-corrected chi connectivity index (χ2v) is 7.19. The zero-order chi connectivity index (χ0) is 22.7. The number of aliphatic carboxylic acids is 3. The summed E-state index contributed by atoms with van der Waals surface area (Å²) < 4.78 is 0. The minimum atomic E-state index is -0.933. The van der Waals surface area contributed by atoms with Gasteiger partial charge in [-0.3, -0.25) is 14.4 Å². The lowest BCUT2D eigenvalue weighted by atomic mass is 10.0. The highest BCUT2D eigenvalue weighted by Gasteiger charge is 2.17. The lowest BCUT2D eigenvalue weighted by Gasteiger charge is -2.11. The molecular formula is C17H38N4O6S. The molecule has 0 aromatic rings. The Kier molecular flexibility index (Phi) is 22.7. The number of unbranched alkanes of at least 4 members (excludes halogenated alkanes) is 1. The van der Waals surface area contributed by atoms with E-state index in [-0.39, 0.29) is 5.92 Å². The number of carbonyl (C=O) groups is 3. The van der Waals surface area contributed by atoms with E-state index in [0.29, 0.717) is 19.4 Å². The summed E-state index contributed by atoms with van der Waals surface area (Å²) in [6, 6.07) is -2.10. The van der Waals surface area contributed by atoms with Crippen LogP contribution in [0.4, 0.5) is 0 Å². The van der Waals surface area contributed by atoms with E-state index < -0.39 is 36.0 Å². The first-order chi connectivity index (χ1) is 13.0. The van der Waals surface area contributed by atoms with Gasteiger partial charge < -0.3 is 38.3 Å². The van der Waals surface area contributed by atoms with Crippen LogP contribution in [0.25, 0.3) is 0 Å². The van der Waals surface area contributed by atoms with Gasteiger partial charge >= 0.3 is 17.9 Å². The van der Waals surface area contributed by atoms with Crippen LogP contribution < -0.4 is 22.9 Å². The van der Waals surface area contributed by atoms with Gasteiger partial charge in [-0.15, -0.1) is 0 Å². The first-order valence-corrected chi connectivity index (χ1v) is 10.5. The van der Waals surface area contributed by atoms with Crippen LogP contribution in [0.15, 0.2) is 0 Å². The molecule has 0 bridgehead atoms. The zero-order valence-electron chi connectivity index (χ0n) is 17.0. The largest absolute Gasteiger partial charge is 0.480 e. The summed E-state index contributed by atoms with van der Waals surface area (Å²) in [5.74, 6) is -1.87. The molecule has 0 spiro atoms. The number of thioether (sulfide) groups is 1. The average molecular weight is 427 g/mol. The van der Waals surface area contributed by atoms with Gasteiger partial charge in [0.1, 0.15) is 18.1 Å². The van der Waals surface area contributed by atoms with Crippen LogP contribution in [0.1, 0.15) is 46.0 Å². The van der Waals surface area contributed by atoms with Crippen molar-refractivity contribution >= 4 is 29.7 Å². The average Bonchev–Trinajstić information content (AvgIpc) is 2.65. The van der Waals surface area contributed by atoms with Crippen LogP contribution in [0.2, 0.25) is 0 Å². The maximum atomic E-state index is 10.2. The van der Waals surface area contributed by atoms with E-state index >= 15 is 0 Å². The molecule has 0 aliphatic rings. The van der Waals surface area contributed by atoms with E-state index in [1.54, 1.807) is 11.8 Å². The van der Waals surface area contributed by atoms with E-state index in [9.17, 15) is 14.4 Å². The fraction of sp³-hybridized carbons (Fsp3) is 0.824. The molecule has 0 saturated carbocycles. The van der Waals surface area contributed by atoms with E-state index in [1.165, 1.54) is 0 Å². The summed E-state index contributed by atoms with van der Waals surface area (Å²) in [6.45, 7) is 4.36. The Hall–Kier alpha value is -1.40. The molecule has 0 aliphatic carbocycles. The molecule has 168 valence electrons. The highest BCUT2D eigenvalue weighted by Crippen LogP contribution is 2.04. The molecular weight excluding hydrogens is 388 g/mol. The second-order valence-electron chi connectivity index (χ2n) is 6.20. The van der Waals surface area contributed by atoms with Gasteiger partial charge in [0.2, 0.25) is 0 Å². The Morgan fingerprint density at radius 3 is 1.64 bits per heavy atom. The molecule has 11 N–H and O–H groups in total. The quantitative estimate of drug-likeness (QED) is 0.208. The molecule has 0 amide bonds. The monoisotopic (exact) mass is 426 g/mol. The normalized spacial score (nSPS) is 14.2. The van der Waals surface area contributed by atoms with Crippen LogP contribution in [-0.4, -0.2) is 69.9 Å². The van der Waals surface area contributed by atoms with Crippen molar-refractivity contribution in [3.8, 4) is 0 Å². The van der Waals surface area contributed by atoms with Crippen molar-refractivity contribution in [1.29, 1.82) is 0 Å². The molecule has 28 heavy (non-hydrogen) atoms. The number of carboxylic acids is 3. The highest BCUT2D eigenvalue weighted by molar-refractivity contribution is 7.98. The molecule has 10 nitrogen and oxygen atoms in total. The fourth-order valence-electron chi connectivity index (χ4n) is 1.50. The van der Waals surface area contributed by atoms with E-state index in [1.807, 2.05) is 20.1 Å². The van der Waals surface area contributed by atoms with Gasteiger partial charge in [-0.25, -0.2) is 0 Å². The SMILES string of the molecule is CCC(C)C(N)C(=O)O.CSCCC(N)C(=O)O.NCCCCC(N)C(=O)O.